The highest BCUT2D eigenvalue weighted by Gasteiger charge is 2.23. The van der Waals surface area contributed by atoms with E-state index in [1.807, 2.05) is 0 Å². The van der Waals surface area contributed by atoms with Gasteiger partial charge in [0.2, 0.25) is 5.91 Å². The van der Waals surface area contributed by atoms with Gasteiger partial charge < -0.3 is 11.2 Å². The Morgan fingerprint density at radius 1 is 1.09 bits per heavy atom. The summed E-state index contributed by atoms with van der Waals surface area (Å²) in [6.45, 7) is 0. The summed E-state index contributed by atoms with van der Waals surface area (Å²) in [5, 5.41) is 1.20. The average Bonchev–Trinajstić information content (AvgIpc) is 2.49. The van der Waals surface area contributed by atoms with Crippen LogP contribution >= 0.6 is 47.0 Å². The second-order valence-corrected chi connectivity index (χ2v) is 6.24. The van der Waals surface area contributed by atoms with Crippen LogP contribution in [-0.2, 0) is 4.79 Å². The topological polar surface area (TPSA) is 67.2 Å². The van der Waals surface area contributed by atoms with E-state index in [2.05, 4.69) is 10.9 Å². The first kappa shape index (κ1) is 18.0. The van der Waals surface area contributed by atoms with Gasteiger partial charge in [-0.05, 0) is 24.3 Å². The second kappa shape index (κ2) is 7.95. The number of hydrogen-bond donors (Lipinski definition) is 3. The third-order valence-electron chi connectivity index (χ3n) is 2.99. The number of nitrogens with one attached hydrogen (secondary N) is 2. The Hall–Kier alpha value is -1.37. The van der Waals surface area contributed by atoms with Crippen LogP contribution in [0.4, 0.5) is 0 Å². The van der Waals surface area contributed by atoms with Crippen molar-refractivity contribution < 1.29 is 4.79 Å². The van der Waals surface area contributed by atoms with Gasteiger partial charge in [-0.2, -0.15) is 0 Å². The number of primary amides is 1. The molecule has 8 heteroatoms. The fourth-order valence-corrected chi connectivity index (χ4v) is 2.90. The number of rotatable bonds is 5. The standard InChI is InChI=1S/C15H12Cl3N3OS/c16-9-4-1-3-8(7-9)15(23)21-20-13(14(19)22)12-10(17)5-2-6-11(12)18/h1-7,13,20H,(H2,19,22)(H,21,23). The van der Waals surface area contributed by atoms with E-state index in [0.29, 0.717) is 31.2 Å². The quantitative estimate of drug-likeness (QED) is 0.540. The molecule has 1 atom stereocenters. The van der Waals surface area contributed by atoms with Crippen LogP contribution in [0.5, 0.6) is 0 Å². The number of halogens is 3. The van der Waals surface area contributed by atoms with Gasteiger partial charge in [-0.1, -0.05) is 65.2 Å². The molecule has 0 aromatic heterocycles. The number of hydrogen-bond acceptors (Lipinski definition) is 3. The average molecular weight is 389 g/mol. The molecule has 0 aliphatic carbocycles. The van der Waals surface area contributed by atoms with Gasteiger partial charge in [-0.3, -0.25) is 4.79 Å². The van der Waals surface area contributed by atoms with Crippen LogP contribution in [0.3, 0.4) is 0 Å². The molecular formula is C15H12Cl3N3OS. The van der Waals surface area contributed by atoms with Gasteiger partial charge >= 0.3 is 0 Å². The third-order valence-corrected chi connectivity index (χ3v) is 4.22. The highest BCUT2D eigenvalue weighted by Crippen LogP contribution is 2.29. The predicted molar refractivity (Wildman–Crippen MR) is 97.8 cm³/mol. The fraction of sp³-hybridized carbons (Fsp3) is 0.0667. The predicted octanol–water partition coefficient (Wildman–Crippen LogP) is 3.64. The SMILES string of the molecule is NC(=O)C(NNC(=S)c1cccc(Cl)c1)c1c(Cl)cccc1Cl. The summed E-state index contributed by atoms with van der Waals surface area (Å²) in [5.41, 5.74) is 12.0. The van der Waals surface area contributed by atoms with Gasteiger partial charge in [0.1, 0.15) is 11.0 Å². The molecule has 0 aliphatic heterocycles. The summed E-state index contributed by atoms with van der Waals surface area (Å²) in [5.74, 6) is -0.651. The molecule has 120 valence electrons. The van der Waals surface area contributed by atoms with Gasteiger partial charge in [0.15, 0.2) is 0 Å². The highest BCUT2D eigenvalue weighted by molar-refractivity contribution is 7.80. The summed E-state index contributed by atoms with van der Waals surface area (Å²) in [6.07, 6.45) is 0. The summed E-state index contributed by atoms with van der Waals surface area (Å²) in [6, 6.07) is 10.9. The van der Waals surface area contributed by atoms with Crippen molar-refractivity contribution in [3.8, 4) is 0 Å². The van der Waals surface area contributed by atoms with Gasteiger partial charge in [-0.25, -0.2) is 5.43 Å². The van der Waals surface area contributed by atoms with E-state index in [9.17, 15) is 4.79 Å². The Kier molecular flexibility index (Phi) is 6.21. The van der Waals surface area contributed by atoms with Crippen molar-refractivity contribution >= 4 is 57.9 Å². The van der Waals surface area contributed by atoms with E-state index in [1.165, 1.54) is 0 Å². The Balaban J connectivity index is 2.18. The zero-order valence-electron chi connectivity index (χ0n) is 11.6. The van der Waals surface area contributed by atoms with E-state index >= 15 is 0 Å². The lowest BCUT2D eigenvalue weighted by Gasteiger charge is -2.20. The first-order valence-electron chi connectivity index (χ1n) is 6.45. The van der Waals surface area contributed by atoms with Crippen molar-refractivity contribution in [2.75, 3.05) is 0 Å². The maximum Gasteiger partial charge on any atom is 0.241 e. The van der Waals surface area contributed by atoms with Crippen molar-refractivity contribution in [1.82, 2.24) is 10.9 Å². The summed E-state index contributed by atoms with van der Waals surface area (Å²) >= 11 is 23.4. The molecule has 1 unspecified atom stereocenters. The maximum atomic E-state index is 11.7. The Bertz CT molecular complexity index is 734. The van der Waals surface area contributed by atoms with E-state index < -0.39 is 11.9 Å². The Labute approximate surface area is 153 Å². The van der Waals surface area contributed by atoms with Crippen molar-refractivity contribution in [3.05, 3.63) is 68.7 Å². The molecule has 0 heterocycles. The van der Waals surface area contributed by atoms with Crippen LogP contribution in [-0.4, -0.2) is 10.9 Å². The van der Waals surface area contributed by atoms with Crippen LogP contribution < -0.4 is 16.6 Å². The highest BCUT2D eigenvalue weighted by atomic mass is 35.5. The van der Waals surface area contributed by atoms with Crippen molar-refractivity contribution in [1.29, 1.82) is 0 Å². The number of benzene rings is 2. The van der Waals surface area contributed by atoms with E-state index in [1.54, 1.807) is 42.5 Å². The molecule has 1 amide bonds. The zero-order valence-corrected chi connectivity index (χ0v) is 14.7. The number of nitrogens with two attached hydrogens (primary N) is 1. The molecule has 0 saturated heterocycles. The molecule has 0 fully saturated rings. The Morgan fingerprint density at radius 2 is 1.70 bits per heavy atom. The minimum atomic E-state index is -0.951. The summed E-state index contributed by atoms with van der Waals surface area (Å²) < 4.78 is 0. The minimum Gasteiger partial charge on any atom is -0.368 e. The lowest BCUT2D eigenvalue weighted by atomic mass is 10.1. The van der Waals surface area contributed by atoms with Crippen LogP contribution in [0.25, 0.3) is 0 Å². The Morgan fingerprint density at radius 3 is 2.26 bits per heavy atom. The monoisotopic (exact) mass is 387 g/mol. The number of thiocarbonyl (C=S) groups is 1. The van der Waals surface area contributed by atoms with Crippen molar-refractivity contribution in [3.63, 3.8) is 0 Å². The van der Waals surface area contributed by atoms with Gasteiger partial charge in [0, 0.05) is 26.2 Å². The molecule has 2 rings (SSSR count). The normalized spacial score (nSPS) is 11.8. The van der Waals surface area contributed by atoms with E-state index in [0.717, 1.165) is 0 Å². The van der Waals surface area contributed by atoms with Gasteiger partial charge in [0.05, 0.1) is 0 Å². The molecule has 4 N–H and O–H groups in total. The zero-order chi connectivity index (χ0) is 17.0. The molecule has 0 radical (unpaired) electrons. The number of carbonyl (C=O) groups excluding carboxylic acids is 1. The first-order valence-corrected chi connectivity index (χ1v) is 7.99. The minimum absolute atomic E-state index is 0.323. The summed E-state index contributed by atoms with van der Waals surface area (Å²) in [7, 11) is 0. The van der Waals surface area contributed by atoms with Crippen molar-refractivity contribution in [2.24, 2.45) is 5.73 Å². The third kappa shape index (κ3) is 4.56. The lowest BCUT2D eigenvalue weighted by Crippen LogP contribution is -2.44. The van der Waals surface area contributed by atoms with Crippen LogP contribution in [0, 0.1) is 0 Å². The van der Waals surface area contributed by atoms with Crippen molar-refractivity contribution in [2.45, 2.75) is 6.04 Å². The molecule has 2 aromatic rings. The van der Waals surface area contributed by atoms with E-state index in [-0.39, 0.29) is 0 Å². The van der Waals surface area contributed by atoms with Gasteiger partial charge in [-0.15, -0.1) is 0 Å². The van der Waals surface area contributed by atoms with Crippen LogP contribution in [0.1, 0.15) is 17.2 Å². The van der Waals surface area contributed by atoms with Crippen LogP contribution in [0.15, 0.2) is 42.5 Å². The molecule has 0 saturated carbocycles. The number of hydrazine groups is 1. The number of carbonyl (C=O) groups is 1. The summed E-state index contributed by atoms with van der Waals surface area (Å²) in [4.78, 5) is 12.1. The molecule has 0 bridgehead atoms. The largest absolute Gasteiger partial charge is 0.368 e. The lowest BCUT2D eigenvalue weighted by molar-refractivity contribution is -0.120. The fourth-order valence-electron chi connectivity index (χ4n) is 1.91. The van der Waals surface area contributed by atoms with E-state index in [4.69, 9.17) is 52.8 Å². The van der Waals surface area contributed by atoms with Gasteiger partial charge in [0.25, 0.3) is 0 Å². The first-order chi connectivity index (χ1) is 10.9. The molecule has 0 aliphatic rings. The molecule has 23 heavy (non-hydrogen) atoms. The molecular weight excluding hydrogens is 377 g/mol. The molecule has 4 nitrogen and oxygen atoms in total. The molecule has 2 aromatic carbocycles. The smallest absolute Gasteiger partial charge is 0.241 e. The molecule has 0 spiro atoms. The van der Waals surface area contributed by atoms with Crippen LogP contribution in [0.2, 0.25) is 15.1 Å². The number of amides is 1. The maximum absolute atomic E-state index is 11.7. The second-order valence-electron chi connectivity index (χ2n) is 4.58.